The summed E-state index contributed by atoms with van der Waals surface area (Å²) in [6, 6.07) is 6.08. The number of aryl methyl sites for hydroxylation is 1. The largest absolute Gasteiger partial charge is 0.465 e. The minimum absolute atomic E-state index is 0.00977. The topological polar surface area (TPSA) is 107 Å². The quantitative estimate of drug-likeness (QED) is 0.377. The number of non-ortho nitro benzene ring substituents is 1. The number of nitrogens with zero attached hydrogens (tertiary/aromatic N) is 3. The molecule has 1 N–H and O–H groups in total. The van der Waals surface area contributed by atoms with Gasteiger partial charge < -0.3 is 4.74 Å². The summed E-state index contributed by atoms with van der Waals surface area (Å²) in [6.07, 6.45) is 2.04. The number of nitro groups is 1. The molecule has 1 heterocycles. The van der Waals surface area contributed by atoms with E-state index in [-0.39, 0.29) is 5.69 Å². The molecule has 0 aliphatic heterocycles. The van der Waals surface area contributed by atoms with E-state index in [1.807, 2.05) is 6.92 Å². The van der Waals surface area contributed by atoms with Gasteiger partial charge in [-0.15, -0.1) is 0 Å². The predicted octanol–water partition coefficient (Wildman–Crippen LogP) is 2.85. The number of carbonyl (C=O) groups is 1. The predicted molar refractivity (Wildman–Crippen MR) is 87.1 cm³/mol. The summed E-state index contributed by atoms with van der Waals surface area (Å²) < 4.78 is 4.70. The van der Waals surface area contributed by atoms with E-state index in [1.54, 1.807) is 12.1 Å². The number of esters is 1. The van der Waals surface area contributed by atoms with E-state index in [2.05, 4.69) is 15.5 Å². The van der Waals surface area contributed by atoms with E-state index < -0.39 is 10.9 Å². The minimum Gasteiger partial charge on any atom is -0.465 e. The fraction of sp³-hybridized carbons (Fsp3) is 0.214. The second kappa shape index (κ2) is 7.45. The average molecular weight is 334 g/mol. The number of nitrogens with one attached hydrogen (secondary N) is 1. The van der Waals surface area contributed by atoms with Crippen LogP contribution in [0.15, 0.2) is 29.4 Å². The van der Waals surface area contributed by atoms with Crippen molar-refractivity contribution < 1.29 is 14.5 Å². The molecular formula is C14H14N4O4S. The van der Waals surface area contributed by atoms with Gasteiger partial charge >= 0.3 is 5.97 Å². The van der Waals surface area contributed by atoms with Gasteiger partial charge in [-0.3, -0.25) is 15.5 Å². The van der Waals surface area contributed by atoms with Crippen molar-refractivity contribution in [3.05, 3.63) is 50.5 Å². The number of anilines is 1. The summed E-state index contributed by atoms with van der Waals surface area (Å²) in [4.78, 5) is 26.6. The summed E-state index contributed by atoms with van der Waals surface area (Å²) >= 11 is 1.14. The van der Waals surface area contributed by atoms with Crippen LogP contribution in [0, 0.1) is 10.1 Å². The van der Waals surface area contributed by atoms with Gasteiger partial charge in [0, 0.05) is 17.7 Å². The molecule has 0 fully saturated rings. The molecule has 0 spiro atoms. The van der Waals surface area contributed by atoms with Gasteiger partial charge in [-0.2, -0.15) is 5.10 Å². The maximum Gasteiger partial charge on any atom is 0.350 e. The number of carbonyl (C=O) groups excluding carboxylic acids is 1. The standard InChI is InChI=1S/C14H14N4O4S/c1-3-11-12(13(19)22-2)23-14(16-11)17-15-8-9-5-4-6-10(7-9)18(20)21/h4-8H,3H2,1-2H3,(H,16,17)/b15-8-. The summed E-state index contributed by atoms with van der Waals surface area (Å²) in [6.45, 7) is 1.89. The zero-order valence-electron chi connectivity index (χ0n) is 12.5. The van der Waals surface area contributed by atoms with Crippen molar-refractivity contribution in [2.45, 2.75) is 13.3 Å². The van der Waals surface area contributed by atoms with E-state index in [1.165, 1.54) is 25.5 Å². The second-order valence-electron chi connectivity index (χ2n) is 4.36. The zero-order chi connectivity index (χ0) is 16.8. The van der Waals surface area contributed by atoms with Gasteiger partial charge in [-0.05, 0) is 6.42 Å². The number of thiazole rings is 1. The van der Waals surface area contributed by atoms with Crippen LogP contribution in [0.1, 0.15) is 27.9 Å². The first-order valence-electron chi connectivity index (χ1n) is 6.66. The van der Waals surface area contributed by atoms with Gasteiger partial charge in [0.1, 0.15) is 4.88 Å². The van der Waals surface area contributed by atoms with Crippen molar-refractivity contribution in [1.29, 1.82) is 0 Å². The Morgan fingerprint density at radius 2 is 2.35 bits per heavy atom. The first-order valence-corrected chi connectivity index (χ1v) is 7.48. The van der Waals surface area contributed by atoms with E-state index in [4.69, 9.17) is 4.74 Å². The molecule has 0 aliphatic rings. The Hall–Kier alpha value is -2.81. The smallest absolute Gasteiger partial charge is 0.350 e. The SMILES string of the molecule is CCc1nc(N/N=C\c2cccc([N+](=O)[O-])c2)sc1C(=O)OC. The van der Waals surface area contributed by atoms with Crippen molar-refractivity contribution in [3.8, 4) is 0 Å². The lowest BCUT2D eigenvalue weighted by Gasteiger charge is -1.95. The van der Waals surface area contributed by atoms with Crippen LogP contribution in [0.2, 0.25) is 0 Å². The molecule has 0 atom stereocenters. The van der Waals surface area contributed by atoms with Gasteiger partial charge in [0.25, 0.3) is 5.69 Å². The maximum atomic E-state index is 11.6. The molecule has 0 unspecified atom stereocenters. The molecule has 23 heavy (non-hydrogen) atoms. The number of nitro benzene ring substituents is 1. The van der Waals surface area contributed by atoms with Crippen molar-refractivity contribution in [2.75, 3.05) is 12.5 Å². The van der Waals surface area contributed by atoms with Crippen molar-refractivity contribution in [3.63, 3.8) is 0 Å². The van der Waals surface area contributed by atoms with Crippen LogP contribution in [0.3, 0.4) is 0 Å². The van der Waals surface area contributed by atoms with E-state index in [9.17, 15) is 14.9 Å². The summed E-state index contributed by atoms with van der Waals surface area (Å²) in [5, 5.41) is 15.1. The molecule has 0 amide bonds. The summed E-state index contributed by atoms with van der Waals surface area (Å²) in [7, 11) is 1.31. The molecule has 0 radical (unpaired) electrons. The molecule has 0 aliphatic carbocycles. The van der Waals surface area contributed by atoms with Crippen LogP contribution < -0.4 is 5.43 Å². The van der Waals surface area contributed by atoms with E-state index >= 15 is 0 Å². The highest BCUT2D eigenvalue weighted by Gasteiger charge is 2.17. The van der Waals surface area contributed by atoms with Crippen LogP contribution in [-0.2, 0) is 11.2 Å². The van der Waals surface area contributed by atoms with E-state index in [0.29, 0.717) is 27.7 Å². The number of methoxy groups -OCH3 is 1. The molecule has 1 aromatic heterocycles. The average Bonchev–Trinajstić information content (AvgIpc) is 2.97. The fourth-order valence-corrected chi connectivity index (χ4v) is 2.69. The van der Waals surface area contributed by atoms with Gasteiger partial charge in [0.15, 0.2) is 0 Å². The van der Waals surface area contributed by atoms with E-state index in [0.717, 1.165) is 11.3 Å². The second-order valence-corrected chi connectivity index (χ2v) is 5.36. The van der Waals surface area contributed by atoms with Crippen LogP contribution >= 0.6 is 11.3 Å². The number of hydrogen-bond acceptors (Lipinski definition) is 8. The van der Waals surface area contributed by atoms with Crippen LogP contribution in [0.5, 0.6) is 0 Å². The molecule has 0 bridgehead atoms. The molecule has 2 rings (SSSR count). The summed E-state index contributed by atoms with van der Waals surface area (Å²) in [5.41, 5.74) is 3.92. The third-order valence-corrected chi connectivity index (χ3v) is 3.84. The molecule has 8 nitrogen and oxygen atoms in total. The van der Waals surface area contributed by atoms with Crippen molar-refractivity contribution in [2.24, 2.45) is 5.10 Å². The molecule has 0 saturated heterocycles. The van der Waals surface area contributed by atoms with Crippen molar-refractivity contribution >= 4 is 34.3 Å². The Bertz CT molecular complexity index is 757. The molecule has 2 aromatic rings. The Labute approximate surface area is 136 Å². The number of rotatable bonds is 6. The molecule has 0 saturated carbocycles. The van der Waals surface area contributed by atoms with Crippen molar-refractivity contribution in [1.82, 2.24) is 4.98 Å². The Kier molecular flexibility index (Phi) is 5.36. The normalized spacial score (nSPS) is 10.7. The monoisotopic (exact) mass is 334 g/mol. The van der Waals surface area contributed by atoms with Crippen LogP contribution in [0.4, 0.5) is 10.8 Å². The summed E-state index contributed by atoms with van der Waals surface area (Å²) in [5.74, 6) is -0.435. The Balaban J connectivity index is 2.11. The zero-order valence-corrected chi connectivity index (χ0v) is 13.3. The highest BCUT2D eigenvalue weighted by molar-refractivity contribution is 7.17. The third kappa shape index (κ3) is 4.10. The lowest BCUT2D eigenvalue weighted by molar-refractivity contribution is -0.384. The number of benzene rings is 1. The highest BCUT2D eigenvalue weighted by atomic mass is 32.1. The lowest BCUT2D eigenvalue weighted by atomic mass is 10.2. The van der Waals surface area contributed by atoms with Gasteiger partial charge in [0.2, 0.25) is 5.13 Å². The lowest BCUT2D eigenvalue weighted by Crippen LogP contribution is -2.01. The fourth-order valence-electron chi connectivity index (χ4n) is 1.77. The van der Waals surface area contributed by atoms with Gasteiger partial charge in [-0.1, -0.05) is 30.4 Å². The molecule has 120 valence electrons. The highest BCUT2D eigenvalue weighted by Crippen LogP contribution is 2.24. The maximum absolute atomic E-state index is 11.6. The number of hydrazone groups is 1. The van der Waals surface area contributed by atoms with Gasteiger partial charge in [0.05, 0.1) is 23.9 Å². The Morgan fingerprint density at radius 3 is 3.00 bits per heavy atom. The number of aromatic nitrogens is 1. The number of ether oxygens (including phenoxy) is 1. The minimum atomic E-state index is -0.470. The van der Waals surface area contributed by atoms with Crippen LogP contribution in [-0.4, -0.2) is 29.2 Å². The first-order chi connectivity index (χ1) is 11.0. The van der Waals surface area contributed by atoms with Gasteiger partial charge in [-0.25, -0.2) is 9.78 Å². The first kappa shape index (κ1) is 16.6. The molecular weight excluding hydrogens is 320 g/mol. The third-order valence-electron chi connectivity index (χ3n) is 2.86. The van der Waals surface area contributed by atoms with Crippen LogP contribution in [0.25, 0.3) is 0 Å². The number of hydrogen-bond donors (Lipinski definition) is 1. The molecule has 1 aromatic carbocycles. The molecule has 9 heteroatoms. The Morgan fingerprint density at radius 1 is 1.57 bits per heavy atom.